The highest BCUT2D eigenvalue weighted by molar-refractivity contribution is 5.06. The van der Waals surface area contributed by atoms with Crippen molar-refractivity contribution in [3.05, 3.63) is 17.5 Å². The van der Waals surface area contributed by atoms with Crippen LogP contribution in [0.25, 0.3) is 0 Å². The maximum Gasteiger partial charge on any atom is 0.0596 e. The molecule has 1 saturated carbocycles. The topological polar surface area (TPSA) is 29.9 Å². The molecule has 0 spiro atoms. The van der Waals surface area contributed by atoms with E-state index in [2.05, 4.69) is 48.9 Å². The Balaban J connectivity index is 1.70. The molecule has 1 N–H and O–H groups in total. The molecule has 108 valence electrons. The predicted octanol–water partition coefficient (Wildman–Crippen LogP) is 3.30. The summed E-state index contributed by atoms with van der Waals surface area (Å²) in [6.07, 6.45) is 5.31. The molecule has 3 unspecified atom stereocenters. The summed E-state index contributed by atoms with van der Waals surface area (Å²) in [6.45, 7) is 11.1. The van der Waals surface area contributed by atoms with Crippen molar-refractivity contribution in [3.8, 4) is 0 Å². The predicted molar refractivity (Wildman–Crippen MR) is 80.3 cm³/mol. The molecular weight excluding hydrogens is 234 g/mol. The van der Waals surface area contributed by atoms with Crippen LogP contribution >= 0.6 is 0 Å². The molecule has 1 aliphatic carbocycles. The highest BCUT2D eigenvalue weighted by Gasteiger charge is 2.24. The molecule has 1 fully saturated rings. The van der Waals surface area contributed by atoms with E-state index in [0.29, 0.717) is 0 Å². The Morgan fingerprint density at radius 2 is 2.11 bits per heavy atom. The summed E-state index contributed by atoms with van der Waals surface area (Å²) >= 11 is 0. The van der Waals surface area contributed by atoms with Gasteiger partial charge in [0.2, 0.25) is 0 Å². The molecule has 0 aromatic carbocycles. The zero-order chi connectivity index (χ0) is 13.8. The maximum absolute atomic E-state index is 4.51. The zero-order valence-electron chi connectivity index (χ0n) is 12.9. The van der Waals surface area contributed by atoms with Crippen LogP contribution in [0.5, 0.6) is 0 Å². The quantitative estimate of drug-likeness (QED) is 0.826. The summed E-state index contributed by atoms with van der Waals surface area (Å²) in [4.78, 5) is 0. The number of aryl methyl sites for hydroxylation is 3. The average Bonchev–Trinajstić information content (AvgIpc) is 2.67. The van der Waals surface area contributed by atoms with E-state index in [1.54, 1.807) is 0 Å². The molecule has 0 aliphatic heterocycles. The van der Waals surface area contributed by atoms with E-state index in [1.165, 1.54) is 31.4 Å². The molecule has 1 aromatic heterocycles. The molecule has 1 aliphatic rings. The van der Waals surface area contributed by atoms with Crippen molar-refractivity contribution in [1.29, 1.82) is 0 Å². The van der Waals surface area contributed by atoms with E-state index in [9.17, 15) is 0 Å². The van der Waals surface area contributed by atoms with Crippen molar-refractivity contribution in [2.75, 3.05) is 6.54 Å². The molecule has 2 rings (SSSR count). The summed E-state index contributed by atoms with van der Waals surface area (Å²) in [5.41, 5.74) is 2.40. The first-order valence-electron chi connectivity index (χ1n) is 7.80. The minimum Gasteiger partial charge on any atom is -0.314 e. The van der Waals surface area contributed by atoms with Crippen molar-refractivity contribution in [2.45, 2.75) is 66.0 Å². The van der Waals surface area contributed by atoms with E-state index in [0.717, 1.165) is 36.7 Å². The van der Waals surface area contributed by atoms with Gasteiger partial charge in [0.25, 0.3) is 0 Å². The second kappa shape index (κ2) is 6.56. The third-order valence-corrected chi connectivity index (χ3v) is 4.51. The van der Waals surface area contributed by atoms with E-state index in [4.69, 9.17) is 0 Å². The molecule has 0 amide bonds. The van der Waals surface area contributed by atoms with Gasteiger partial charge in [-0.25, -0.2) is 0 Å². The van der Waals surface area contributed by atoms with Gasteiger partial charge in [-0.3, -0.25) is 4.68 Å². The van der Waals surface area contributed by atoms with Crippen LogP contribution in [0, 0.1) is 25.7 Å². The number of aromatic nitrogens is 2. The van der Waals surface area contributed by atoms with Crippen molar-refractivity contribution in [3.63, 3.8) is 0 Å². The molecular formula is C16H29N3. The van der Waals surface area contributed by atoms with Crippen LogP contribution in [-0.4, -0.2) is 22.4 Å². The molecule has 0 saturated heterocycles. The largest absolute Gasteiger partial charge is 0.314 e. The minimum absolute atomic E-state index is 0.726. The highest BCUT2D eigenvalue weighted by atomic mass is 15.3. The molecule has 1 heterocycles. The van der Waals surface area contributed by atoms with Crippen LogP contribution in [0.4, 0.5) is 0 Å². The maximum atomic E-state index is 4.51. The number of hydrogen-bond acceptors (Lipinski definition) is 2. The van der Waals surface area contributed by atoms with Crippen molar-refractivity contribution >= 4 is 0 Å². The van der Waals surface area contributed by atoms with E-state index in [1.807, 2.05) is 0 Å². The summed E-state index contributed by atoms with van der Waals surface area (Å²) in [7, 11) is 0. The van der Waals surface area contributed by atoms with Crippen LogP contribution in [0.1, 0.15) is 50.9 Å². The van der Waals surface area contributed by atoms with Crippen molar-refractivity contribution in [1.82, 2.24) is 15.1 Å². The molecule has 0 bridgehead atoms. The molecule has 1 aromatic rings. The van der Waals surface area contributed by atoms with Crippen LogP contribution in [0.2, 0.25) is 0 Å². The van der Waals surface area contributed by atoms with Gasteiger partial charge < -0.3 is 5.32 Å². The third kappa shape index (κ3) is 4.07. The third-order valence-electron chi connectivity index (χ3n) is 4.51. The second-order valence-corrected chi connectivity index (χ2v) is 6.46. The molecule has 19 heavy (non-hydrogen) atoms. The van der Waals surface area contributed by atoms with E-state index in [-0.39, 0.29) is 0 Å². The molecule has 3 heteroatoms. The van der Waals surface area contributed by atoms with Gasteiger partial charge >= 0.3 is 0 Å². The molecule has 3 nitrogen and oxygen atoms in total. The van der Waals surface area contributed by atoms with Gasteiger partial charge in [0.1, 0.15) is 0 Å². The Kier molecular flexibility index (Phi) is 5.03. The van der Waals surface area contributed by atoms with Gasteiger partial charge in [-0.15, -0.1) is 0 Å². The smallest absolute Gasteiger partial charge is 0.0596 e. The van der Waals surface area contributed by atoms with Gasteiger partial charge in [-0.05, 0) is 57.6 Å². The summed E-state index contributed by atoms with van der Waals surface area (Å²) in [5, 5.41) is 8.27. The summed E-state index contributed by atoms with van der Waals surface area (Å²) in [5.74, 6) is 1.73. The molecule has 3 atom stereocenters. The Morgan fingerprint density at radius 1 is 1.32 bits per heavy atom. The van der Waals surface area contributed by atoms with Gasteiger partial charge in [0.05, 0.1) is 5.69 Å². The van der Waals surface area contributed by atoms with Crippen molar-refractivity contribution < 1.29 is 0 Å². The summed E-state index contributed by atoms with van der Waals surface area (Å²) < 4.78 is 2.13. The fraction of sp³-hybridized carbons (Fsp3) is 0.812. The monoisotopic (exact) mass is 263 g/mol. The first-order valence-corrected chi connectivity index (χ1v) is 7.80. The van der Waals surface area contributed by atoms with Crippen LogP contribution in [0.3, 0.4) is 0 Å². The van der Waals surface area contributed by atoms with Crippen LogP contribution in [-0.2, 0) is 6.54 Å². The Bertz CT molecular complexity index is 397. The summed E-state index contributed by atoms with van der Waals surface area (Å²) in [6, 6.07) is 2.88. The van der Waals surface area contributed by atoms with E-state index >= 15 is 0 Å². The number of rotatable bonds is 5. The molecule has 0 radical (unpaired) electrons. The first kappa shape index (κ1) is 14.6. The Hall–Kier alpha value is -0.830. The first-order chi connectivity index (χ1) is 9.06. The normalized spacial score (nSPS) is 27.7. The Labute approximate surface area is 117 Å². The lowest BCUT2D eigenvalue weighted by Gasteiger charge is -2.33. The van der Waals surface area contributed by atoms with Crippen LogP contribution < -0.4 is 5.32 Å². The fourth-order valence-corrected chi connectivity index (χ4v) is 3.23. The zero-order valence-corrected chi connectivity index (χ0v) is 12.9. The van der Waals surface area contributed by atoms with Gasteiger partial charge in [0.15, 0.2) is 0 Å². The lowest BCUT2D eigenvalue weighted by Crippen LogP contribution is -2.40. The fourth-order valence-electron chi connectivity index (χ4n) is 3.23. The SMILES string of the molecule is Cc1cc(C)n(CCCNC2CC(C)CCC2C)n1. The minimum atomic E-state index is 0.726. The van der Waals surface area contributed by atoms with Crippen LogP contribution in [0.15, 0.2) is 6.07 Å². The number of hydrogen-bond donors (Lipinski definition) is 1. The lowest BCUT2D eigenvalue weighted by atomic mass is 9.80. The number of nitrogens with one attached hydrogen (secondary N) is 1. The highest BCUT2D eigenvalue weighted by Crippen LogP contribution is 2.28. The Morgan fingerprint density at radius 3 is 2.79 bits per heavy atom. The van der Waals surface area contributed by atoms with Gasteiger partial charge in [0, 0.05) is 18.3 Å². The number of nitrogens with zero attached hydrogens (tertiary/aromatic N) is 2. The standard InChI is InChI=1S/C16H29N3/c1-12-6-7-13(2)16(10-12)17-8-5-9-19-15(4)11-14(3)18-19/h11-13,16-17H,5-10H2,1-4H3. The van der Waals surface area contributed by atoms with Gasteiger partial charge in [-0.1, -0.05) is 20.3 Å². The van der Waals surface area contributed by atoms with E-state index < -0.39 is 0 Å². The van der Waals surface area contributed by atoms with Crippen molar-refractivity contribution in [2.24, 2.45) is 11.8 Å². The lowest BCUT2D eigenvalue weighted by molar-refractivity contribution is 0.227. The second-order valence-electron chi connectivity index (χ2n) is 6.46. The van der Waals surface area contributed by atoms with Gasteiger partial charge in [-0.2, -0.15) is 5.10 Å². The average molecular weight is 263 g/mol.